The first-order valence-corrected chi connectivity index (χ1v) is 6.27. The van der Waals surface area contributed by atoms with Gasteiger partial charge in [-0.15, -0.1) is 0 Å². The fourth-order valence-electron chi connectivity index (χ4n) is 2.42. The molecule has 0 bridgehead atoms. The van der Waals surface area contributed by atoms with Crippen LogP contribution in [0.15, 0.2) is 24.3 Å². The molecule has 0 aliphatic carbocycles. The quantitative estimate of drug-likeness (QED) is 0.834. The first kappa shape index (κ1) is 11.4. The average Bonchev–Trinajstić information content (AvgIpc) is 2.41. The number of nitrogens with one attached hydrogen (secondary N) is 1. The number of nitrogens with zero attached hydrogens (tertiary/aromatic N) is 2. The van der Waals surface area contributed by atoms with E-state index in [-0.39, 0.29) is 5.82 Å². The number of hydrogen-bond acceptors (Lipinski definition) is 3. The van der Waals surface area contributed by atoms with E-state index in [2.05, 4.69) is 15.2 Å². The Balaban J connectivity index is 2.11. The smallest absolute Gasteiger partial charge is 0.149 e. The lowest BCUT2D eigenvalue weighted by molar-refractivity contribution is 0.584. The van der Waals surface area contributed by atoms with E-state index in [1.54, 1.807) is 6.07 Å². The van der Waals surface area contributed by atoms with Gasteiger partial charge in [-0.05, 0) is 24.6 Å². The number of piperazine rings is 1. The Hall–Kier alpha value is -1.68. The van der Waals surface area contributed by atoms with Crippen LogP contribution in [-0.2, 0) is 0 Å². The van der Waals surface area contributed by atoms with Gasteiger partial charge in [0.05, 0.1) is 0 Å². The van der Waals surface area contributed by atoms with Crippen molar-refractivity contribution in [3.63, 3.8) is 0 Å². The summed E-state index contributed by atoms with van der Waals surface area (Å²) in [5, 5.41) is 4.20. The van der Waals surface area contributed by atoms with Gasteiger partial charge < -0.3 is 10.2 Å². The van der Waals surface area contributed by atoms with Crippen LogP contribution in [0.3, 0.4) is 0 Å². The van der Waals surface area contributed by atoms with Gasteiger partial charge in [0.15, 0.2) is 0 Å². The number of para-hydroxylation sites is 1. The minimum Gasteiger partial charge on any atom is -0.354 e. The van der Waals surface area contributed by atoms with E-state index in [0.29, 0.717) is 5.52 Å². The molecule has 1 aromatic carbocycles. The highest BCUT2D eigenvalue weighted by Crippen LogP contribution is 2.24. The lowest BCUT2D eigenvalue weighted by atomic mass is 10.1. The van der Waals surface area contributed by atoms with Crippen LogP contribution in [0.5, 0.6) is 0 Å². The number of pyridine rings is 1. The van der Waals surface area contributed by atoms with Crippen LogP contribution in [-0.4, -0.2) is 31.2 Å². The predicted octanol–water partition coefficient (Wildman–Crippen LogP) is 2.09. The van der Waals surface area contributed by atoms with Crippen LogP contribution >= 0.6 is 0 Å². The zero-order chi connectivity index (χ0) is 12.5. The number of anilines is 1. The summed E-state index contributed by atoms with van der Waals surface area (Å²) in [6.45, 7) is 5.76. The Bertz CT molecular complexity index is 577. The molecule has 0 amide bonds. The third-order valence-electron chi connectivity index (χ3n) is 3.42. The topological polar surface area (TPSA) is 28.2 Å². The van der Waals surface area contributed by atoms with Gasteiger partial charge in [0, 0.05) is 31.6 Å². The second-order valence-electron chi connectivity index (χ2n) is 4.67. The van der Waals surface area contributed by atoms with Crippen LogP contribution < -0.4 is 10.2 Å². The third-order valence-corrected chi connectivity index (χ3v) is 3.42. The van der Waals surface area contributed by atoms with Crippen molar-refractivity contribution < 1.29 is 4.39 Å². The van der Waals surface area contributed by atoms with Crippen LogP contribution in [0.4, 0.5) is 10.2 Å². The molecule has 3 rings (SSSR count). The SMILES string of the molecule is Cc1cc(N2CCNCC2)nc2c(F)cccc12. The van der Waals surface area contributed by atoms with Gasteiger partial charge in [0.2, 0.25) is 0 Å². The van der Waals surface area contributed by atoms with Gasteiger partial charge in [0.1, 0.15) is 17.2 Å². The van der Waals surface area contributed by atoms with Crippen molar-refractivity contribution in [2.75, 3.05) is 31.1 Å². The summed E-state index contributed by atoms with van der Waals surface area (Å²) in [5.41, 5.74) is 1.55. The monoisotopic (exact) mass is 245 g/mol. The summed E-state index contributed by atoms with van der Waals surface area (Å²) in [6.07, 6.45) is 0. The molecule has 1 aromatic heterocycles. The minimum absolute atomic E-state index is 0.243. The fourth-order valence-corrected chi connectivity index (χ4v) is 2.42. The molecule has 0 radical (unpaired) electrons. The molecule has 0 atom stereocenters. The Morgan fingerprint density at radius 3 is 2.83 bits per heavy atom. The molecule has 1 saturated heterocycles. The van der Waals surface area contributed by atoms with Crippen LogP contribution in [0.1, 0.15) is 5.56 Å². The van der Waals surface area contributed by atoms with Crippen molar-refractivity contribution in [3.8, 4) is 0 Å². The number of fused-ring (bicyclic) bond motifs is 1. The summed E-state index contributed by atoms with van der Waals surface area (Å²) in [6, 6.07) is 7.17. The normalized spacial score (nSPS) is 16.2. The number of aromatic nitrogens is 1. The van der Waals surface area contributed by atoms with Gasteiger partial charge in [-0.3, -0.25) is 0 Å². The standard InChI is InChI=1S/C14H16FN3/c1-10-9-13(18-7-5-16-6-8-18)17-14-11(10)3-2-4-12(14)15/h2-4,9,16H,5-8H2,1H3. The molecule has 18 heavy (non-hydrogen) atoms. The minimum atomic E-state index is -0.243. The van der Waals surface area contributed by atoms with Gasteiger partial charge >= 0.3 is 0 Å². The highest BCUT2D eigenvalue weighted by molar-refractivity contribution is 5.84. The maximum absolute atomic E-state index is 13.8. The first-order valence-electron chi connectivity index (χ1n) is 6.27. The highest BCUT2D eigenvalue weighted by atomic mass is 19.1. The maximum Gasteiger partial charge on any atom is 0.149 e. The molecular formula is C14H16FN3. The number of benzene rings is 1. The van der Waals surface area contributed by atoms with Crippen molar-refractivity contribution in [1.29, 1.82) is 0 Å². The average molecular weight is 245 g/mol. The van der Waals surface area contributed by atoms with Crippen LogP contribution in [0.25, 0.3) is 10.9 Å². The molecule has 1 aliphatic rings. The van der Waals surface area contributed by atoms with Crippen molar-refractivity contribution in [2.45, 2.75) is 6.92 Å². The second-order valence-corrected chi connectivity index (χ2v) is 4.67. The van der Waals surface area contributed by atoms with Crippen molar-refractivity contribution in [1.82, 2.24) is 10.3 Å². The summed E-state index contributed by atoms with van der Waals surface area (Å²) < 4.78 is 13.8. The maximum atomic E-state index is 13.8. The summed E-state index contributed by atoms with van der Waals surface area (Å²) in [4.78, 5) is 6.69. The van der Waals surface area contributed by atoms with Gasteiger partial charge in [-0.2, -0.15) is 0 Å². The molecule has 3 nitrogen and oxygen atoms in total. The lowest BCUT2D eigenvalue weighted by Gasteiger charge is -2.28. The number of halogens is 1. The second kappa shape index (κ2) is 4.53. The van der Waals surface area contributed by atoms with E-state index in [4.69, 9.17) is 0 Å². The molecule has 1 N–H and O–H groups in total. The molecule has 4 heteroatoms. The van der Waals surface area contributed by atoms with E-state index in [0.717, 1.165) is 42.9 Å². The van der Waals surface area contributed by atoms with Crippen molar-refractivity contribution in [3.05, 3.63) is 35.6 Å². The van der Waals surface area contributed by atoms with Gasteiger partial charge in [-0.25, -0.2) is 9.37 Å². The highest BCUT2D eigenvalue weighted by Gasteiger charge is 2.14. The van der Waals surface area contributed by atoms with E-state index in [1.165, 1.54) is 6.07 Å². The molecule has 1 aliphatic heterocycles. The summed E-state index contributed by atoms with van der Waals surface area (Å²) >= 11 is 0. The molecule has 0 saturated carbocycles. The van der Waals surface area contributed by atoms with Gasteiger partial charge in [-0.1, -0.05) is 12.1 Å². The van der Waals surface area contributed by atoms with Crippen molar-refractivity contribution >= 4 is 16.7 Å². The van der Waals surface area contributed by atoms with Crippen LogP contribution in [0, 0.1) is 12.7 Å². The zero-order valence-corrected chi connectivity index (χ0v) is 10.4. The Morgan fingerprint density at radius 1 is 1.28 bits per heavy atom. The zero-order valence-electron chi connectivity index (χ0n) is 10.4. The third kappa shape index (κ3) is 1.93. The van der Waals surface area contributed by atoms with E-state index in [1.807, 2.05) is 19.1 Å². The molecule has 1 fully saturated rings. The van der Waals surface area contributed by atoms with E-state index >= 15 is 0 Å². The lowest BCUT2D eigenvalue weighted by Crippen LogP contribution is -2.43. The Labute approximate surface area is 106 Å². The molecule has 2 heterocycles. The Morgan fingerprint density at radius 2 is 2.06 bits per heavy atom. The number of aryl methyl sites for hydroxylation is 1. The fraction of sp³-hybridized carbons (Fsp3) is 0.357. The molecule has 2 aromatic rings. The number of rotatable bonds is 1. The predicted molar refractivity (Wildman–Crippen MR) is 71.5 cm³/mol. The Kier molecular flexibility index (Phi) is 2.88. The summed E-state index contributed by atoms with van der Waals surface area (Å²) in [7, 11) is 0. The van der Waals surface area contributed by atoms with Crippen molar-refractivity contribution in [2.24, 2.45) is 0 Å². The molecule has 94 valence electrons. The van der Waals surface area contributed by atoms with E-state index < -0.39 is 0 Å². The van der Waals surface area contributed by atoms with Gasteiger partial charge in [0.25, 0.3) is 0 Å². The molecular weight excluding hydrogens is 229 g/mol. The van der Waals surface area contributed by atoms with E-state index in [9.17, 15) is 4.39 Å². The molecule has 0 unspecified atom stereocenters. The molecule has 0 spiro atoms. The largest absolute Gasteiger partial charge is 0.354 e. The number of hydrogen-bond donors (Lipinski definition) is 1. The summed E-state index contributed by atoms with van der Waals surface area (Å²) in [5.74, 6) is 0.638. The first-order chi connectivity index (χ1) is 8.75. The van der Waals surface area contributed by atoms with Crippen LogP contribution in [0.2, 0.25) is 0 Å².